The molecule has 0 unspecified atom stereocenters. The summed E-state index contributed by atoms with van der Waals surface area (Å²) in [5.41, 5.74) is 9.97. The van der Waals surface area contributed by atoms with Crippen molar-refractivity contribution in [2.75, 3.05) is 32.8 Å². The number of nitrogens with zero attached hydrogens (tertiary/aromatic N) is 3. The zero-order valence-electron chi connectivity index (χ0n) is 16.5. The van der Waals surface area contributed by atoms with Gasteiger partial charge in [-0.05, 0) is 47.9 Å². The van der Waals surface area contributed by atoms with E-state index in [1.54, 1.807) is 11.0 Å². The number of carbonyl (C=O) groups is 2. The van der Waals surface area contributed by atoms with Gasteiger partial charge in [0, 0.05) is 42.2 Å². The molecule has 5 rings (SSSR count). The summed E-state index contributed by atoms with van der Waals surface area (Å²) in [6.45, 7) is 2.99. The van der Waals surface area contributed by atoms with Crippen LogP contribution in [0.4, 0.5) is 4.79 Å². The molecule has 2 aromatic carbocycles. The van der Waals surface area contributed by atoms with Crippen molar-refractivity contribution in [3.63, 3.8) is 0 Å². The maximum atomic E-state index is 12.9. The molecule has 1 aromatic heterocycles. The molecule has 0 radical (unpaired) electrons. The lowest BCUT2D eigenvalue weighted by atomic mass is 9.99. The highest BCUT2D eigenvalue weighted by Crippen LogP contribution is 2.33. The van der Waals surface area contributed by atoms with Gasteiger partial charge >= 0.3 is 6.03 Å². The summed E-state index contributed by atoms with van der Waals surface area (Å²) in [6.07, 6.45) is 4.74. The molecule has 152 valence electrons. The number of aromatic nitrogens is 1. The van der Waals surface area contributed by atoms with E-state index >= 15 is 0 Å². The first kappa shape index (κ1) is 18.6. The molecule has 2 amide bonds. The Hall–Kier alpha value is -3.45. The zero-order chi connectivity index (χ0) is 20.7. The van der Waals surface area contributed by atoms with Crippen LogP contribution in [0.15, 0.2) is 47.5 Å². The summed E-state index contributed by atoms with van der Waals surface area (Å²) >= 11 is 0. The standard InChI is InChI=1S/C23H22N4O3/c24-23(29)27-20-4-2-16(15-5-7-25-8-6-15)13-19(20)18-3-1-17(14-21(18)27)22(28)26-9-11-30-12-10-26/h1-5,7,13-14H,6,8-12H2,(H2,24,29). The Bertz CT molecular complexity index is 1230. The van der Waals surface area contributed by atoms with Gasteiger partial charge in [0.15, 0.2) is 0 Å². The Morgan fingerprint density at radius 1 is 1.00 bits per heavy atom. The maximum absolute atomic E-state index is 12.9. The molecule has 0 aliphatic carbocycles. The van der Waals surface area contributed by atoms with Crippen molar-refractivity contribution >= 4 is 45.5 Å². The number of hydrogen-bond donors (Lipinski definition) is 1. The van der Waals surface area contributed by atoms with Crippen LogP contribution in [-0.4, -0.2) is 60.5 Å². The van der Waals surface area contributed by atoms with E-state index in [2.05, 4.69) is 11.1 Å². The van der Waals surface area contributed by atoms with Crippen LogP contribution in [0.3, 0.4) is 0 Å². The van der Waals surface area contributed by atoms with E-state index in [4.69, 9.17) is 10.5 Å². The number of nitrogens with two attached hydrogens (primary N) is 1. The number of aliphatic imine (C=N–C) groups is 1. The Kier molecular flexibility index (Phi) is 4.59. The lowest BCUT2D eigenvalue weighted by Crippen LogP contribution is -2.40. The first-order valence-electron chi connectivity index (χ1n) is 10.1. The number of amides is 2. The van der Waals surface area contributed by atoms with Crippen molar-refractivity contribution in [1.29, 1.82) is 0 Å². The number of allylic oxidation sites excluding steroid dienone is 1. The molecule has 1 saturated heterocycles. The van der Waals surface area contributed by atoms with E-state index in [0.29, 0.717) is 37.4 Å². The van der Waals surface area contributed by atoms with Gasteiger partial charge in [-0.1, -0.05) is 12.1 Å². The number of benzene rings is 2. The number of morpholine rings is 1. The van der Waals surface area contributed by atoms with E-state index < -0.39 is 6.03 Å². The van der Waals surface area contributed by atoms with E-state index in [1.807, 2.05) is 36.6 Å². The summed E-state index contributed by atoms with van der Waals surface area (Å²) in [4.78, 5) is 31.3. The fourth-order valence-electron chi connectivity index (χ4n) is 4.27. The van der Waals surface area contributed by atoms with Crippen molar-refractivity contribution in [2.45, 2.75) is 6.42 Å². The number of primary amides is 1. The minimum absolute atomic E-state index is 0.0613. The number of fused-ring (bicyclic) bond motifs is 3. The summed E-state index contributed by atoms with van der Waals surface area (Å²) in [5, 5.41) is 1.84. The molecule has 7 heteroatoms. The van der Waals surface area contributed by atoms with Crippen LogP contribution in [0.25, 0.3) is 27.4 Å². The Morgan fingerprint density at radius 3 is 2.57 bits per heavy atom. The average Bonchev–Trinajstić information content (AvgIpc) is 3.13. The van der Waals surface area contributed by atoms with Crippen molar-refractivity contribution in [3.05, 3.63) is 53.6 Å². The van der Waals surface area contributed by atoms with Gasteiger partial charge < -0.3 is 15.4 Å². The van der Waals surface area contributed by atoms with Gasteiger partial charge in [-0.3, -0.25) is 14.4 Å². The second-order valence-electron chi connectivity index (χ2n) is 7.54. The van der Waals surface area contributed by atoms with Crippen molar-refractivity contribution in [3.8, 4) is 0 Å². The molecule has 3 aromatic rings. The van der Waals surface area contributed by atoms with Gasteiger partial charge in [-0.25, -0.2) is 4.79 Å². The van der Waals surface area contributed by atoms with Crippen molar-refractivity contribution in [2.24, 2.45) is 10.7 Å². The van der Waals surface area contributed by atoms with Crippen LogP contribution in [0.1, 0.15) is 22.3 Å². The van der Waals surface area contributed by atoms with Crippen LogP contribution in [-0.2, 0) is 4.74 Å². The third-order valence-electron chi connectivity index (χ3n) is 5.79. The van der Waals surface area contributed by atoms with Gasteiger partial charge in [0.05, 0.1) is 24.2 Å². The molecule has 0 spiro atoms. The Labute approximate surface area is 173 Å². The lowest BCUT2D eigenvalue weighted by molar-refractivity contribution is 0.0303. The van der Waals surface area contributed by atoms with Gasteiger partial charge in [-0.2, -0.15) is 0 Å². The predicted octanol–water partition coefficient (Wildman–Crippen LogP) is 3.05. The van der Waals surface area contributed by atoms with E-state index in [9.17, 15) is 9.59 Å². The highest BCUT2D eigenvalue weighted by Gasteiger charge is 2.21. The lowest BCUT2D eigenvalue weighted by Gasteiger charge is -2.26. The normalized spacial score (nSPS) is 16.8. The van der Waals surface area contributed by atoms with Crippen molar-refractivity contribution in [1.82, 2.24) is 9.47 Å². The maximum Gasteiger partial charge on any atom is 0.323 e. The van der Waals surface area contributed by atoms with Crippen LogP contribution in [0.2, 0.25) is 0 Å². The van der Waals surface area contributed by atoms with Crippen molar-refractivity contribution < 1.29 is 14.3 Å². The topological polar surface area (TPSA) is 89.9 Å². The molecule has 2 aliphatic heterocycles. The number of rotatable bonds is 2. The molecule has 0 bridgehead atoms. The van der Waals surface area contributed by atoms with Crippen LogP contribution >= 0.6 is 0 Å². The van der Waals surface area contributed by atoms with Crippen LogP contribution in [0.5, 0.6) is 0 Å². The molecule has 7 nitrogen and oxygen atoms in total. The summed E-state index contributed by atoms with van der Waals surface area (Å²) in [7, 11) is 0. The molecular formula is C23H22N4O3. The molecule has 1 fully saturated rings. The predicted molar refractivity (Wildman–Crippen MR) is 117 cm³/mol. The fraction of sp³-hybridized carbons (Fsp3) is 0.261. The zero-order valence-corrected chi connectivity index (χ0v) is 16.5. The number of carbonyl (C=O) groups excluding carboxylic acids is 2. The summed E-state index contributed by atoms with van der Waals surface area (Å²) < 4.78 is 6.82. The molecule has 0 saturated carbocycles. The molecule has 2 N–H and O–H groups in total. The van der Waals surface area contributed by atoms with Gasteiger partial charge in [-0.15, -0.1) is 0 Å². The Morgan fingerprint density at radius 2 is 1.83 bits per heavy atom. The number of ether oxygens (including phenoxy) is 1. The monoisotopic (exact) mass is 402 g/mol. The number of dihydropyridines is 1. The molecular weight excluding hydrogens is 380 g/mol. The fourth-order valence-corrected chi connectivity index (χ4v) is 4.27. The van der Waals surface area contributed by atoms with Gasteiger partial charge in [0.2, 0.25) is 0 Å². The third kappa shape index (κ3) is 3.07. The average molecular weight is 402 g/mol. The quantitative estimate of drug-likeness (QED) is 0.714. The molecule has 3 heterocycles. The van der Waals surface area contributed by atoms with Gasteiger partial charge in [0.25, 0.3) is 5.91 Å². The van der Waals surface area contributed by atoms with Gasteiger partial charge in [0.1, 0.15) is 0 Å². The molecule has 30 heavy (non-hydrogen) atoms. The van der Waals surface area contributed by atoms with Crippen LogP contribution < -0.4 is 5.73 Å². The number of hydrogen-bond acceptors (Lipinski definition) is 4. The smallest absolute Gasteiger partial charge is 0.323 e. The highest BCUT2D eigenvalue weighted by atomic mass is 16.5. The second kappa shape index (κ2) is 7.42. The Balaban J connectivity index is 1.65. The van der Waals surface area contributed by atoms with E-state index in [0.717, 1.165) is 34.8 Å². The minimum Gasteiger partial charge on any atom is -0.378 e. The molecule has 2 aliphatic rings. The largest absolute Gasteiger partial charge is 0.378 e. The van der Waals surface area contributed by atoms with E-state index in [1.165, 1.54) is 10.1 Å². The SMILES string of the molecule is NC(=O)n1c2ccc(C3=CC=NCC3)cc2c2ccc(C(=O)N3CCOCC3)cc21. The third-order valence-corrected chi connectivity index (χ3v) is 5.79. The van der Waals surface area contributed by atoms with Crippen LogP contribution in [0, 0.1) is 0 Å². The van der Waals surface area contributed by atoms with E-state index in [-0.39, 0.29) is 5.91 Å². The first-order chi connectivity index (χ1) is 14.6. The summed E-state index contributed by atoms with van der Waals surface area (Å²) in [5.74, 6) is -0.0613. The minimum atomic E-state index is -0.567. The highest BCUT2D eigenvalue weighted by molar-refractivity contribution is 6.15. The molecule has 0 atom stereocenters. The second-order valence-corrected chi connectivity index (χ2v) is 7.54. The summed E-state index contributed by atoms with van der Waals surface area (Å²) in [6, 6.07) is 10.9. The first-order valence-corrected chi connectivity index (χ1v) is 10.1.